The van der Waals surface area contributed by atoms with Crippen LogP contribution in [0.15, 0.2) is 17.1 Å². The molecule has 22 heavy (non-hydrogen) atoms. The van der Waals surface area contributed by atoms with Gasteiger partial charge in [0.25, 0.3) is 5.69 Å². The van der Waals surface area contributed by atoms with Crippen molar-refractivity contribution in [3.63, 3.8) is 0 Å². The lowest BCUT2D eigenvalue weighted by Crippen LogP contribution is -2.22. The summed E-state index contributed by atoms with van der Waals surface area (Å²) in [6.45, 7) is 1.48. The van der Waals surface area contributed by atoms with Gasteiger partial charge in [-0.05, 0) is 27.1 Å². The molecule has 0 amide bonds. The van der Waals surface area contributed by atoms with Crippen LogP contribution in [-0.4, -0.2) is 50.1 Å². The third kappa shape index (κ3) is 5.09. The number of nitrogens with zero attached hydrogens (tertiary/aromatic N) is 3. The zero-order valence-corrected chi connectivity index (χ0v) is 13.0. The van der Waals surface area contributed by atoms with Crippen LogP contribution in [0.4, 0.5) is 17.1 Å². The number of benzene rings is 1. The highest BCUT2D eigenvalue weighted by atomic mass is 16.6. The van der Waals surface area contributed by atoms with Gasteiger partial charge in [-0.25, -0.2) is 4.99 Å². The van der Waals surface area contributed by atoms with Crippen molar-refractivity contribution >= 4 is 23.0 Å². The summed E-state index contributed by atoms with van der Waals surface area (Å²) in [5.41, 5.74) is 11.1. The fourth-order valence-electron chi connectivity index (χ4n) is 1.86. The molecule has 0 radical (unpaired) electrons. The van der Waals surface area contributed by atoms with Crippen molar-refractivity contribution in [2.24, 2.45) is 16.5 Å². The van der Waals surface area contributed by atoms with E-state index >= 15 is 0 Å². The Morgan fingerprint density at radius 1 is 1.45 bits per heavy atom. The monoisotopic (exact) mass is 310 g/mol. The molecule has 1 rings (SSSR count). The molecule has 1 aromatic carbocycles. The number of nitro groups is 1. The number of rotatable bonds is 8. The summed E-state index contributed by atoms with van der Waals surface area (Å²) in [6, 6.07) is 2.81. The third-order valence-corrected chi connectivity index (χ3v) is 2.84. The second kappa shape index (κ2) is 8.03. The Balaban J connectivity index is 3.04. The maximum Gasteiger partial charge on any atom is 0.294 e. The molecule has 0 saturated heterocycles. The van der Waals surface area contributed by atoms with Gasteiger partial charge in [-0.15, -0.1) is 0 Å². The number of nitro benzene ring substituents is 1. The minimum absolute atomic E-state index is 0.106. The van der Waals surface area contributed by atoms with Gasteiger partial charge in [-0.3, -0.25) is 10.1 Å². The van der Waals surface area contributed by atoms with Gasteiger partial charge in [0.2, 0.25) is 0 Å². The van der Waals surface area contributed by atoms with E-state index in [1.165, 1.54) is 19.2 Å². The van der Waals surface area contributed by atoms with Crippen molar-refractivity contribution in [3.05, 3.63) is 22.2 Å². The molecule has 9 nitrogen and oxygen atoms in total. The number of nitrogens with one attached hydrogen (secondary N) is 1. The zero-order valence-electron chi connectivity index (χ0n) is 13.0. The molecule has 1 aromatic rings. The summed E-state index contributed by atoms with van der Waals surface area (Å²) in [5, 5.41) is 14.3. The molecule has 0 aliphatic rings. The predicted molar refractivity (Wildman–Crippen MR) is 86.8 cm³/mol. The van der Waals surface area contributed by atoms with Crippen molar-refractivity contribution in [2.75, 3.05) is 39.6 Å². The largest absolute Gasteiger partial charge is 0.494 e. The Bertz CT molecular complexity index is 555. The first-order valence-corrected chi connectivity index (χ1v) is 6.69. The first kappa shape index (κ1) is 17.5. The summed E-state index contributed by atoms with van der Waals surface area (Å²) in [6.07, 6.45) is 0.849. The fourth-order valence-corrected chi connectivity index (χ4v) is 1.86. The van der Waals surface area contributed by atoms with Crippen molar-refractivity contribution in [1.29, 1.82) is 0 Å². The molecular formula is C13H22N6O3. The Labute approximate surface area is 129 Å². The van der Waals surface area contributed by atoms with E-state index < -0.39 is 4.92 Å². The Hall–Kier alpha value is -2.55. The number of ether oxygens (including phenoxy) is 1. The lowest BCUT2D eigenvalue weighted by atomic mass is 10.2. The molecule has 0 atom stereocenters. The Kier molecular flexibility index (Phi) is 6.39. The Morgan fingerprint density at radius 3 is 2.64 bits per heavy atom. The van der Waals surface area contributed by atoms with Gasteiger partial charge in [0.15, 0.2) is 5.96 Å². The molecule has 0 heterocycles. The SMILES string of the molecule is COc1cc(NCCCN(C)C)c([N+](=O)[O-])cc1N=C(N)N. The lowest BCUT2D eigenvalue weighted by Gasteiger charge is -2.12. The van der Waals surface area contributed by atoms with E-state index in [0.717, 1.165) is 13.0 Å². The van der Waals surface area contributed by atoms with Crippen molar-refractivity contribution in [3.8, 4) is 5.75 Å². The van der Waals surface area contributed by atoms with E-state index in [0.29, 0.717) is 18.0 Å². The fraction of sp³-hybridized carbons (Fsp3) is 0.462. The van der Waals surface area contributed by atoms with Gasteiger partial charge in [-0.2, -0.15) is 0 Å². The van der Waals surface area contributed by atoms with Crippen LogP contribution >= 0.6 is 0 Å². The van der Waals surface area contributed by atoms with Gasteiger partial charge in [0.1, 0.15) is 17.1 Å². The number of hydrogen-bond donors (Lipinski definition) is 3. The number of methoxy groups -OCH3 is 1. The van der Waals surface area contributed by atoms with E-state index in [4.69, 9.17) is 16.2 Å². The minimum Gasteiger partial charge on any atom is -0.494 e. The second-order valence-electron chi connectivity index (χ2n) is 4.92. The summed E-state index contributed by atoms with van der Waals surface area (Å²) in [7, 11) is 5.38. The first-order chi connectivity index (χ1) is 10.3. The second-order valence-corrected chi connectivity index (χ2v) is 4.92. The molecule has 0 fully saturated rings. The molecule has 122 valence electrons. The summed E-state index contributed by atoms with van der Waals surface area (Å²) in [4.78, 5) is 16.6. The van der Waals surface area contributed by atoms with Crippen LogP contribution in [-0.2, 0) is 0 Å². The van der Waals surface area contributed by atoms with E-state index in [-0.39, 0.29) is 17.3 Å². The standard InChI is InChI=1S/C13H22N6O3/c1-18(2)6-4-5-16-9-8-12(22-3)10(17-13(14)15)7-11(9)19(20)21/h7-8,16H,4-6H2,1-3H3,(H4,14,15,17). The highest BCUT2D eigenvalue weighted by molar-refractivity contribution is 5.82. The van der Waals surface area contributed by atoms with Crippen LogP contribution < -0.4 is 21.5 Å². The number of guanidine groups is 1. The van der Waals surface area contributed by atoms with Crippen LogP contribution in [0.25, 0.3) is 0 Å². The highest BCUT2D eigenvalue weighted by Gasteiger charge is 2.18. The molecule has 0 bridgehead atoms. The van der Waals surface area contributed by atoms with Crippen LogP contribution in [0.2, 0.25) is 0 Å². The number of anilines is 1. The molecule has 0 aliphatic heterocycles. The molecule has 5 N–H and O–H groups in total. The van der Waals surface area contributed by atoms with Crippen LogP contribution in [0.5, 0.6) is 5.75 Å². The zero-order chi connectivity index (χ0) is 16.7. The maximum absolute atomic E-state index is 11.2. The van der Waals surface area contributed by atoms with Crippen LogP contribution in [0, 0.1) is 10.1 Å². The van der Waals surface area contributed by atoms with Gasteiger partial charge in [0, 0.05) is 18.7 Å². The molecule has 0 aliphatic carbocycles. The van der Waals surface area contributed by atoms with Crippen molar-refractivity contribution in [1.82, 2.24) is 4.90 Å². The molecule has 0 unspecified atom stereocenters. The van der Waals surface area contributed by atoms with Gasteiger partial charge in [-0.1, -0.05) is 0 Å². The summed E-state index contributed by atoms with van der Waals surface area (Å²) < 4.78 is 5.18. The normalized spacial score (nSPS) is 10.4. The van der Waals surface area contributed by atoms with Gasteiger partial charge in [0.05, 0.1) is 12.0 Å². The van der Waals surface area contributed by atoms with E-state index in [1.807, 2.05) is 19.0 Å². The summed E-state index contributed by atoms with van der Waals surface area (Å²) in [5.74, 6) is 0.161. The molecular weight excluding hydrogens is 288 g/mol. The smallest absolute Gasteiger partial charge is 0.294 e. The van der Waals surface area contributed by atoms with E-state index in [1.54, 1.807) is 0 Å². The number of nitrogens with two attached hydrogens (primary N) is 2. The Morgan fingerprint density at radius 2 is 2.14 bits per heavy atom. The van der Waals surface area contributed by atoms with Crippen molar-refractivity contribution in [2.45, 2.75) is 6.42 Å². The molecule has 0 saturated carbocycles. The molecule has 0 spiro atoms. The van der Waals surface area contributed by atoms with E-state index in [2.05, 4.69) is 10.3 Å². The average molecular weight is 310 g/mol. The topological polar surface area (TPSA) is 132 Å². The van der Waals surface area contributed by atoms with Crippen molar-refractivity contribution < 1.29 is 9.66 Å². The molecule has 0 aromatic heterocycles. The van der Waals surface area contributed by atoms with Gasteiger partial charge >= 0.3 is 0 Å². The number of aliphatic imine (C=N–C) groups is 1. The predicted octanol–water partition coefficient (Wildman–Crippen LogP) is 0.872. The minimum atomic E-state index is -0.487. The molecule has 9 heteroatoms. The van der Waals surface area contributed by atoms with Crippen LogP contribution in [0.1, 0.15) is 6.42 Å². The first-order valence-electron chi connectivity index (χ1n) is 6.69. The highest BCUT2D eigenvalue weighted by Crippen LogP contribution is 2.37. The lowest BCUT2D eigenvalue weighted by molar-refractivity contribution is -0.383. The van der Waals surface area contributed by atoms with Crippen LogP contribution in [0.3, 0.4) is 0 Å². The average Bonchev–Trinajstić information content (AvgIpc) is 2.43. The number of hydrogen-bond acceptors (Lipinski definition) is 6. The maximum atomic E-state index is 11.2. The van der Waals surface area contributed by atoms with E-state index in [9.17, 15) is 10.1 Å². The third-order valence-electron chi connectivity index (χ3n) is 2.84. The summed E-state index contributed by atoms with van der Waals surface area (Å²) >= 11 is 0. The quantitative estimate of drug-likeness (QED) is 0.213. The van der Waals surface area contributed by atoms with Gasteiger partial charge < -0.3 is 26.4 Å².